The Balaban J connectivity index is 3.32. The summed E-state index contributed by atoms with van der Waals surface area (Å²) in [7, 11) is -2.24. The molecule has 0 amide bonds. The van der Waals surface area contributed by atoms with Crippen LogP contribution in [0.5, 0.6) is 0 Å². The molecule has 0 bridgehead atoms. The monoisotopic (exact) mass is 287 g/mol. The number of esters is 1. The van der Waals surface area contributed by atoms with Crippen molar-refractivity contribution in [2.24, 2.45) is 0 Å². The van der Waals surface area contributed by atoms with E-state index in [4.69, 9.17) is 0 Å². The lowest BCUT2D eigenvalue weighted by molar-refractivity contribution is 0.0599. The fourth-order valence-corrected chi connectivity index (χ4v) is 2.31. The lowest BCUT2D eigenvalue weighted by Gasteiger charge is -2.07. The molecule has 0 aliphatic rings. The highest BCUT2D eigenvalue weighted by atomic mass is 32.2. The summed E-state index contributed by atoms with van der Waals surface area (Å²) >= 11 is 0. The fraction of sp³-hybridized carbons (Fsp3) is 0.500. The molecule has 1 atom stereocenters. The van der Waals surface area contributed by atoms with Gasteiger partial charge in [-0.1, -0.05) is 0 Å². The minimum absolute atomic E-state index is 0.135. The maximum absolute atomic E-state index is 12.1. The molecule has 1 aromatic heterocycles. The van der Waals surface area contributed by atoms with E-state index in [1.807, 2.05) is 0 Å². The van der Waals surface area contributed by atoms with Crippen molar-refractivity contribution in [1.82, 2.24) is 4.98 Å². The predicted molar refractivity (Wildman–Crippen MR) is 70.2 cm³/mol. The molecular weight excluding hydrogens is 270 g/mol. The average Bonchev–Trinajstić information content (AvgIpc) is 2.61. The van der Waals surface area contributed by atoms with Crippen LogP contribution in [0.2, 0.25) is 0 Å². The van der Waals surface area contributed by atoms with Crippen molar-refractivity contribution in [3.63, 3.8) is 0 Å². The molecule has 0 saturated carbocycles. The highest BCUT2D eigenvalue weighted by Gasteiger charge is 2.30. The second kappa shape index (κ2) is 5.16. The molecule has 0 radical (unpaired) electrons. The SMILES string of the molecule is COC(=O)c1c(C)[nH]c(C(=O)C(C)S(C)(=O)=O)c1C. The predicted octanol–water partition coefficient (Wildman–Crippen LogP) is 1.03. The zero-order valence-corrected chi connectivity index (χ0v) is 12.3. The molecule has 0 aromatic carbocycles. The summed E-state index contributed by atoms with van der Waals surface area (Å²) in [5.74, 6) is -1.12. The third kappa shape index (κ3) is 2.86. The Kier molecular flexibility index (Phi) is 4.19. The van der Waals surface area contributed by atoms with E-state index in [1.165, 1.54) is 14.0 Å². The standard InChI is InChI=1S/C12H17NO5S/c1-6-9(12(15)18-4)7(2)13-10(6)11(14)8(3)19(5,16)17/h8,13H,1-5H3. The summed E-state index contributed by atoms with van der Waals surface area (Å²) in [5, 5.41) is -1.16. The maximum atomic E-state index is 12.1. The molecule has 1 N–H and O–H groups in total. The number of carbonyl (C=O) groups excluding carboxylic acids is 2. The molecule has 1 heterocycles. The number of Topliss-reactive ketones (excluding diaryl/α,β-unsaturated/α-hetero) is 1. The zero-order chi connectivity index (χ0) is 15.0. The van der Waals surface area contributed by atoms with Crippen LogP contribution in [0.15, 0.2) is 0 Å². The first-order chi connectivity index (χ1) is 8.61. The van der Waals surface area contributed by atoms with Gasteiger partial charge in [0.2, 0.25) is 0 Å². The molecular formula is C12H17NO5S. The summed E-state index contributed by atoms with van der Waals surface area (Å²) in [6.07, 6.45) is 1.00. The normalized spacial score (nSPS) is 13.1. The van der Waals surface area contributed by atoms with Crippen molar-refractivity contribution >= 4 is 21.6 Å². The van der Waals surface area contributed by atoms with Gasteiger partial charge in [0, 0.05) is 11.9 Å². The van der Waals surface area contributed by atoms with Gasteiger partial charge in [0.15, 0.2) is 15.6 Å². The zero-order valence-electron chi connectivity index (χ0n) is 11.5. The summed E-state index contributed by atoms with van der Waals surface area (Å²) < 4.78 is 27.5. The molecule has 7 heteroatoms. The van der Waals surface area contributed by atoms with Gasteiger partial charge in [-0.05, 0) is 26.3 Å². The van der Waals surface area contributed by atoms with Gasteiger partial charge < -0.3 is 9.72 Å². The van der Waals surface area contributed by atoms with E-state index in [2.05, 4.69) is 9.72 Å². The number of aromatic amines is 1. The van der Waals surface area contributed by atoms with Crippen LogP contribution in [0.1, 0.15) is 39.0 Å². The molecule has 19 heavy (non-hydrogen) atoms. The fourth-order valence-electron chi connectivity index (χ4n) is 1.80. The summed E-state index contributed by atoms with van der Waals surface area (Å²) in [6, 6.07) is 0. The molecule has 0 aliphatic carbocycles. The number of nitrogens with one attached hydrogen (secondary N) is 1. The number of carbonyl (C=O) groups is 2. The van der Waals surface area contributed by atoms with E-state index in [1.54, 1.807) is 13.8 Å². The van der Waals surface area contributed by atoms with Gasteiger partial charge in [-0.25, -0.2) is 13.2 Å². The molecule has 0 spiro atoms. The Hall–Kier alpha value is -1.63. The minimum Gasteiger partial charge on any atom is -0.465 e. The number of ether oxygens (including phenoxy) is 1. The van der Waals surface area contributed by atoms with Crippen molar-refractivity contribution in [3.05, 3.63) is 22.5 Å². The van der Waals surface area contributed by atoms with Crippen LogP contribution in [0.3, 0.4) is 0 Å². The molecule has 0 fully saturated rings. The van der Waals surface area contributed by atoms with Crippen LogP contribution in [-0.2, 0) is 14.6 Å². The van der Waals surface area contributed by atoms with Crippen LogP contribution < -0.4 is 0 Å². The van der Waals surface area contributed by atoms with Gasteiger partial charge in [0.1, 0.15) is 5.25 Å². The second-order valence-electron chi connectivity index (χ2n) is 4.45. The molecule has 1 rings (SSSR count). The van der Waals surface area contributed by atoms with Gasteiger partial charge in [0.05, 0.1) is 18.4 Å². The highest BCUT2D eigenvalue weighted by molar-refractivity contribution is 7.92. The Morgan fingerprint density at radius 2 is 1.79 bits per heavy atom. The largest absolute Gasteiger partial charge is 0.465 e. The number of hydrogen-bond acceptors (Lipinski definition) is 5. The third-order valence-electron chi connectivity index (χ3n) is 3.08. The van der Waals surface area contributed by atoms with Gasteiger partial charge in [0.25, 0.3) is 0 Å². The van der Waals surface area contributed by atoms with Crippen molar-refractivity contribution in [2.45, 2.75) is 26.0 Å². The number of hydrogen-bond donors (Lipinski definition) is 1. The number of methoxy groups -OCH3 is 1. The van der Waals surface area contributed by atoms with E-state index >= 15 is 0 Å². The van der Waals surface area contributed by atoms with Crippen LogP contribution in [0.4, 0.5) is 0 Å². The summed E-state index contributed by atoms with van der Waals surface area (Å²) in [6.45, 7) is 4.53. The van der Waals surface area contributed by atoms with Crippen LogP contribution >= 0.6 is 0 Å². The summed E-state index contributed by atoms with van der Waals surface area (Å²) in [5.41, 5.74) is 1.29. The lowest BCUT2D eigenvalue weighted by atomic mass is 10.1. The quantitative estimate of drug-likeness (QED) is 0.659. The first kappa shape index (κ1) is 15.4. The molecule has 106 valence electrons. The number of ketones is 1. The maximum Gasteiger partial charge on any atom is 0.339 e. The van der Waals surface area contributed by atoms with Crippen molar-refractivity contribution in [2.75, 3.05) is 13.4 Å². The Bertz CT molecular complexity index is 627. The number of aryl methyl sites for hydroxylation is 1. The first-order valence-corrected chi connectivity index (χ1v) is 7.57. The van der Waals surface area contributed by atoms with Crippen LogP contribution in [0, 0.1) is 13.8 Å². The van der Waals surface area contributed by atoms with E-state index in [-0.39, 0.29) is 11.3 Å². The lowest BCUT2D eigenvalue weighted by Crippen LogP contribution is -2.27. The van der Waals surface area contributed by atoms with Gasteiger partial charge in [-0.3, -0.25) is 4.79 Å². The van der Waals surface area contributed by atoms with E-state index in [0.717, 1.165) is 6.26 Å². The highest BCUT2D eigenvalue weighted by Crippen LogP contribution is 2.21. The summed E-state index contributed by atoms with van der Waals surface area (Å²) in [4.78, 5) is 26.5. The molecule has 1 unspecified atom stereocenters. The van der Waals surface area contributed by atoms with Crippen molar-refractivity contribution in [3.8, 4) is 0 Å². The number of aromatic nitrogens is 1. The molecule has 1 aromatic rings. The van der Waals surface area contributed by atoms with Crippen molar-refractivity contribution < 1.29 is 22.7 Å². The smallest absolute Gasteiger partial charge is 0.339 e. The van der Waals surface area contributed by atoms with Gasteiger partial charge in [-0.15, -0.1) is 0 Å². The third-order valence-corrected chi connectivity index (χ3v) is 4.58. The van der Waals surface area contributed by atoms with Gasteiger partial charge in [-0.2, -0.15) is 0 Å². The molecule has 0 aliphatic heterocycles. The van der Waals surface area contributed by atoms with Crippen molar-refractivity contribution in [1.29, 1.82) is 0 Å². The van der Waals surface area contributed by atoms with E-state index in [0.29, 0.717) is 11.3 Å². The van der Waals surface area contributed by atoms with E-state index < -0.39 is 26.8 Å². The number of sulfone groups is 1. The topological polar surface area (TPSA) is 93.3 Å². The van der Waals surface area contributed by atoms with Crippen LogP contribution in [-0.4, -0.2) is 43.8 Å². The molecule has 0 saturated heterocycles. The average molecular weight is 287 g/mol. The number of H-pyrrole nitrogens is 1. The van der Waals surface area contributed by atoms with Gasteiger partial charge >= 0.3 is 5.97 Å². The second-order valence-corrected chi connectivity index (χ2v) is 6.82. The minimum atomic E-state index is -3.48. The van der Waals surface area contributed by atoms with Crippen LogP contribution in [0.25, 0.3) is 0 Å². The Labute approximate surface area is 112 Å². The Morgan fingerprint density at radius 1 is 1.26 bits per heavy atom. The van der Waals surface area contributed by atoms with E-state index in [9.17, 15) is 18.0 Å². The molecule has 6 nitrogen and oxygen atoms in total. The first-order valence-electron chi connectivity index (χ1n) is 5.61. The number of rotatable bonds is 4. The Morgan fingerprint density at radius 3 is 2.21 bits per heavy atom.